The zero-order chi connectivity index (χ0) is 14.5. The van der Waals surface area contributed by atoms with Gasteiger partial charge in [-0.3, -0.25) is 0 Å². The molecule has 2 heterocycles. The molecule has 0 aliphatic carbocycles. The molecule has 110 valence electrons. The summed E-state index contributed by atoms with van der Waals surface area (Å²) in [4.78, 5) is 17.0. The summed E-state index contributed by atoms with van der Waals surface area (Å²) in [6.45, 7) is 1.22. The van der Waals surface area contributed by atoms with Crippen LogP contribution in [0.3, 0.4) is 0 Å². The number of carbonyl (C=O) groups is 1. The molecule has 0 radical (unpaired) electrons. The van der Waals surface area contributed by atoms with Crippen molar-refractivity contribution in [3.8, 4) is 11.5 Å². The molecule has 0 unspecified atom stereocenters. The lowest BCUT2D eigenvalue weighted by atomic mass is 10.1. The second kappa shape index (κ2) is 6.65. The van der Waals surface area contributed by atoms with Gasteiger partial charge in [0, 0.05) is 32.0 Å². The van der Waals surface area contributed by atoms with Gasteiger partial charge in [-0.15, -0.1) is 0 Å². The first kappa shape index (κ1) is 14.7. The maximum atomic E-state index is 11.4. The van der Waals surface area contributed by atoms with Gasteiger partial charge < -0.3 is 19.1 Å². The number of amides is 1. The Bertz CT molecular complexity index is 475. The Morgan fingerprint density at radius 3 is 2.65 bits per heavy atom. The highest BCUT2D eigenvalue weighted by Gasteiger charge is 2.25. The molecule has 0 atom stereocenters. The van der Waals surface area contributed by atoms with E-state index in [1.54, 1.807) is 18.1 Å². The average Bonchev–Trinajstić information content (AvgIpc) is 2.47. The van der Waals surface area contributed by atoms with Crippen LogP contribution in [0.15, 0.2) is 12.3 Å². The van der Waals surface area contributed by atoms with Crippen LogP contribution in [0.1, 0.15) is 12.8 Å². The lowest BCUT2D eigenvalue weighted by Crippen LogP contribution is -2.41. The summed E-state index contributed by atoms with van der Waals surface area (Å²) in [7, 11) is 2.94. The van der Waals surface area contributed by atoms with Crippen molar-refractivity contribution in [2.75, 3.05) is 27.3 Å². The Kier molecular flexibility index (Phi) is 4.89. The van der Waals surface area contributed by atoms with Crippen molar-refractivity contribution in [1.29, 1.82) is 0 Å². The van der Waals surface area contributed by atoms with Crippen LogP contribution >= 0.6 is 11.6 Å². The Morgan fingerprint density at radius 1 is 1.35 bits per heavy atom. The SMILES string of the molecule is COC(=O)N1CCC(Oc2cc(Cl)ncc2OC)CC1. The van der Waals surface area contributed by atoms with Crippen LogP contribution in [0.5, 0.6) is 11.5 Å². The number of methoxy groups -OCH3 is 2. The summed E-state index contributed by atoms with van der Waals surface area (Å²) in [5, 5.41) is 0.354. The number of hydrogen-bond donors (Lipinski definition) is 0. The smallest absolute Gasteiger partial charge is 0.409 e. The van der Waals surface area contributed by atoms with E-state index in [0.717, 1.165) is 12.8 Å². The molecule has 1 aliphatic heterocycles. The minimum absolute atomic E-state index is 0.0169. The maximum Gasteiger partial charge on any atom is 0.409 e. The van der Waals surface area contributed by atoms with Gasteiger partial charge in [-0.25, -0.2) is 9.78 Å². The molecular formula is C13H17ClN2O4. The van der Waals surface area contributed by atoms with E-state index in [0.29, 0.717) is 29.7 Å². The molecule has 20 heavy (non-hydrogen) atoms. The lowest BCUT2D eigenvalue weighted by Gasteiger charge is -2.31. The van der Waals surface area contributed by atoms with E-state index in [1.165, 1.54) is 13.3 Å². The van der Waals surface area contributed by atoms with Crippen molar-refractivity contribution >= 4 is 17.7 Å². The second-order valence-corrected chi connectivity index (χ2v) is 4.82. The molecule has 1 amide bonds. The third-order valence-electron chi connectivity index (χ3n) is 3.19. The predicted octanol–water partition coefficient (Wildman–Crippen LogP) is 2.35. The first-order valence-corrected chi connectivity index (χ1v) is 6.71. The number of pyridine rings is 1. The van der Waals surface area contributed by atoms with E-state index < -0.39 is 0 Å². The van der Waals surface area contributed by atoms with Crippen molar-refractivity contribution in [2.45, 2.75) is 18.9 Å². The van der Waals surface area contributed by atoms with Crippen LogP contribution in [-0.4, -0.2) is 49.4 Å². The van der Waals surface area contributed by atoms with Gasteiger partial charge in [-0.2, -0.15) is 0 Å². The Labute approximate surface area is 122 Å². The Hall–Kier alpha value is -1.69. The molecule has 0 aromatic carbocycles. The van der Waals surface area contributed by atoms with Gasteiger partial charge in [0.1, 0.15) is 11.3 Å². The number of nitrogens with zero attached hydrogens (tertiary/aromatic N) is 2. The Balaban J connectivity index is 1.96. The highest BCUT2D eigenvalue weighted by molar-refractivity contribution is 6.29. The van der Waals surface area contributed by atoms with Crippen LogP contribution in [0.25, 0.3) is 0 Å². The number of likely N-dealkylation sites (tertiary alicyclic amines) is 1. The fourth-order valence-electron chi connectivity index (χ4n) is 2.11. The largest absolute Gasteiger partial charge is 0.491 e. The molecule has 1 fully saturated rings. The standard InChI is InChI=1S/C13H17ClN2O4/c1-18-11-8-15-12(14)7-10(11)20-9-3-5-16(6-4-9)13(17)19-2/h7-9H,3-6H2,1-2H3. The summed E-state index contributed by atoms with van der Waals surface area (Å²) >= 11 is 5.86. The summed E-state index contributed by atoms with van der Waals surface area (Å²) in [6, 6.07) is 1.63. The van der Waals surface area contributed by atoms with E-state index in [2.05, 4.69) is 4.98 Å². The molecule has 1 aromatic rings. The van der Waals surface area contributed by atoms with E-state index >= 15 is 0 Å². The number of carbonyl (C=O) groups excluding carboxylic acids is 1. The molecule has 1 aliphatic rings. The van der Waals surface area contributed by atoms with Crippen LogP contribution in [-0.2, 0) is 4.74 Å². The van der Waals surface area contributed by atoms with Crippen LogP contribution in [0, 0.1) is 0 Å². The van der Waals surface area contributed by atoms with E-state index in [9.17, 15) is 4.79 Å². The summed E-state index contributed by atoms with van der Waals surface area (Å²) in [5.74, 6) is 1.12. The predicted molar refractivity (Wildman–Crippen MR) is 73.4 cm³/mol. The fourth-order valence-corrected chi connectivity index (χ4v) is 2.26. The van der Waals surface area contributed by atoms with Crippen molar-refractivity contribution in [1.82, 2.24) is 9.88 Å². The zero-order valence-corrected chi connectivity index (χ0v) is 12.2. The Morgan fingerprint density at radius 2 is 2.05 bits per heavy atom. The van der Waals surface area contributed by atoms with Gasteiger partial charge in [0.05, 0.1) is 20.4 Å². The first-order chi connectivity index (χ1) is 9.63. The molecule has 6 nitrogen and oxygen atoms in total. The lowest BCUT2D eigenvalue weighted by molar-refractivity contribution is 0.0778. The molecule has 0 saturated carbocycles. The minimum Gasteiger partial charge on any atom is -0.491 e. The van der Waals surface area contributed by atoms with Gasteiger partial charge in [0.25, 0.3) is 0 Å². The van der Waals surface area contributed by atoms with Gasteiger partial charge in [0.15, 0.2) is 11.5 Å². The zero-order valence-electron chi connectivity index (χ0n) is 11.5. The molecule has 1 aromatic heterocycles. The van der Waals surface area contributed by atoms with E-state index in [4.69, 9.17) is 25.8 Å². The van der Waals surface area contributed by atoms with Gasteiger partial charge in [-0.05, 0) is 0 Å². The molecule has 7 heteroatoms. The average molecular weight is 301 g/mol. The highest BCUT2D eigenvalue weighted by Crippen LogP contribution is 2.30. The van der Waals surface area contributed by atoms with E-state index in [1.807, 2.05) is 0 Å². The molecule has 1 saturated heterocycles. The summed E-state index contributed by atoms with van der Waals surface area (Å²) in [5.41, 5.74) is 0. The molecule has 0 bridgehead atoms. The summed E-state index contributed by atoms with van der Waals surface area (Å²) in [6.07, 6.45) is 2.72. The number of halogens is 1. The van der Waals surface area contributed by atoms with Crippen LogP contribution < -0.4 is 9.47 Å². The molecule has 0 N–H and O–H groups in total. The third-order valence-corrected chi connectivity index (χ3v) is 3.39. The van der Waals surface area contributed by atoms with Gasteiger partial charge >= 0.3 is 6.09 Å². The number of piperidine rings is 1. The van der Waals surface area contributed by atoms with Crippen molar-refractivity contribution < 1.29 is 19.0 Å². The quantitative estimate of drug-likeness (QED) is 0.802. The topological polar surface area (TPSA) is 60.9 Å². The normalized spacial score (nSPS) is 15.8. The minimum atomic E-state index is -0.298. The van der Waals surface area contributed by atoms with Crippen molar-refractivity contribution in [2.24, 2.45) is 0 Å². The first-order valence-electron chi connectivity index (χ1n) is 6.33. The number of ether oxygens (including phenoxy) is 3. The summed E-state index contributed by atoms with van der Waals surface area (Å²) < 4.78 is 15.8. The van der Waals surface area contributed by atoms with Crippen LogP contribution in [0.4, 0.5) is 4.79 Å². The fraction of sp³-hybridized carbons (Fsp3) is 0.538. The van der Waals surface area contributed by atoms with E-state index in [-0.39, 0.29) is 12.2 Å². The van der Waals surface area contributed by atoms with Crippen molar-refractivity contribution in [3.63, 3.8) is 0 Å². The second-order valence-electron chi connectivity index (χ2n) is 4.43. The van der Waals surface area contributed by atoms with Crippen LogP contribution in [0.2, 0.25) is 5.15 Å². The van der Waals surface area contributed by atoms with Gasteiger partial charge in [-0.1, -0.05) is 11.6 Å². The van der Waals surface area contributed by atoms with Crippen molar-refractivity contribution in [3.05, 3.63) is 17.4 Å². The van der Waals surface area contributed by atoms with Gasteiger partial charge in [0.2, 0.25) is 0 Å². The molecule has 0 spiro atoms. The number of rotatable bonds is 3. The number of hydrogen-bond acceptors (Lipinski definition) is 5. The maximum absolute atomic E-state index is 11.4. The third kappa shape index (κ3) is 3.45. The number of aromatic nitrogens is 1. The monoisotopic (exact) mass is 300 g/mol. The highest BCUT2D eigenvalue weighted by atomic mass is 35.5. The molecular weight excluding hydrogens is 284 g/mol. The molecule has 2 rings (SSSR count).